The Morgan fingerprint density at radius 2 is 1.96 bits per heavy atom. The lowest BCUT2D eigenvalue weighted by Crippen LogP contribution is -2.34. The topological polar surface area (TPSA) is 105 Å². The van der Waals surface area contributed by atoms with Crippen LogP contribution in [0, 0.1) is 0 Å². The fraction of sp³-hybridized carbons (Fsp3) is 0.533. The van der Waals surface area contributed by atoms with Crippen LogP contribution in [0.2, 0.25) is 0 Å². The van der Waals surface area contributed by atoms with Crippen molar-refractivity contribution in [2.24, 2.45) is 0 Å². The molecule has 0 heterocycles. The predicted molar refractivity (Wildman–Crippen MR) is 86.5 cm³/mol. The lowest BCUT2D eigenvalue weighted by Gasteiger charge is -2.14. The molecule has 7 nitrogen and oxygen atoms in total. The highest BCUT2D eigenvalue weighted by Gasteiger charge is 2.14. The van der Waals surface area contributed by atoms with E-state index in [0.29, 0.717) is 18.8 Å². The van der Waals surface area contributed by atoms with E-state index in [1.807, 2.05) is 13.8 Å². The number of nitrogens with one attached hydrogen (secondary N) is 1. The van der Waals surface area contributed by atoms with Gasteiger partial charge in [0.25, 0.3) is 0 Å². The molecule has 0 bridgehead atoms. The second-order valence-electron chi connectivity index (χ2n) is 5.32. The van der Waals surface area contributed by atoms with Crippen molar-refractivity contribution in [3.63, 3.8) is 0 Å². The lowest BCUT2D eigenvalue weighted by atomic mass is 10.1. The van der Waals surface area contributed by atoms with Crippen LogP contribution in [-0.2, 0) is 15.7 Å². The van der Waals surface area contributed by atoms with Crippen LogP contribution in [0.1, 0.15) is 32.3 Å². The summed E-state index contributed by atoms with van der Waals surface area (Å²) >= 11 is 0. The highest BCUT2D eigenvalue weighted by molar-refractivity contribution is 7.51. The van der Waals surface area contributed by atoms with Crippen LogP contribution >= 0.6 is 7.60 Å². The molecule has 0 saturated heterocycles. The van der Waals surface area contributed by atoms with Gasteiger partial charge in [-0.05, 0) is 37.5 Å². The Balaban J connectivity index is 2.39. The average molecular weight is 345 g/mol. The summed E-state index contributed by atoms with van der Waals surface area (Å²) in [4.78, 5) is 29.0. The monoisotopic (exact) mass is 345 g/mol. The zero-order valence-electron chi connectivity index (χ0n) is 13.4. The molecule has 1 amide bonds. The molecule has 0 aliphatic heterocycles. The molecule has 8 heteroatoms. The van der Waals surface area contributed by atoms with Gasteiger partial charge in [-0.2, -0.15) is 0 Å². The summed E-state index contributed by atoms with van der Waals surface area (Å²) in [6, 6.07) is 6.76. The van der Waals surface area contributed by atoms with Crippen LogP contribution in [0.15, 0.2) is 24.3 Å². The van der Waals surface area contributed by atoms with Crippen molar-refractivity contribution in [1.82, 2.24) is 5.32 Å². The second-order valence-corrected chi connectivity index (χ2v) is 6.91. The molecule has 0 fully saturated rings. The summed E-state index contributed by atoms with van der Waals surface area (Å²) in [7, 11) is -4.18. The molecule has 3 N–H and O–H groups in total. The van der Waals surface area contributed by atoms with Gasteiger partial charge in [-0.3, -0.25) is 4.57 Å². The van der Waals surface area contributed by atoms with Gasteiger partial charge in [0.15, 0.2) is 6.35 Å². The lowest BCUT2D eigenvalue weighted by molar-refractivity contribution is 0.141. The highest BCUT2D eigenvalue weighted by Crippen LogP contribution is 2.34. The number of alkyl carbamates (subject to hydrolysis) is 1. The van der Waals surface area contributed by atoms with Gasteiger partial charge in [0, 0.05) is 6.04 Å². The first-order chi connectivity index (χ1) is 10.8. The summed E-state index contributed by atoms with van der Waals surface area (Å²) in [5.74, 6) is 0.386. The minimum absolute atomic E-state index is 0.0917. The normalized spacial score (nSPS) is 12.5. The molecule has 23 heavy (non-hydrogen) atoms. The molecule has 0 aromatic heterocycles. The Bertz CT molecular complexity index is 527. The SMILES string of the molecule is CCCCOC(=O)NC(C)Cc1ccc(OCP(=O)(O)O)cc1. The smallest absolute Gasteiger partial charge is 0.407 e. The molecule has 0 aliphatic rings. The van der Waals surface area contributed by atoms with Gasteiger partial charge in [-0.25, -0.2) is 4.79 Å². The maximum Gasteiger partial charge on any atom is 0.407 e. The van der Waals surface area contributed by atoms with Gasteiger partial charge in [0.1, 0.15) is 5.75 Å². The van der Waals surface area contributed by atoms with Crippen LogP contribution in [0.3, 0.4) is 0 Å². The zero-order valence-corrected chi connectivity index (χ0v) is 14.3. The van der Waals surface area contributed by atoms with Crippen LogP contribution in [-0.4, -0.2) is 34.9 Å². The number of ether oxygens (including phenoxy) is 2. The number of hydrogen-bond acceptors (Lipinski definition) is 4. The molecule has 0 spiro atoms. The van der Waals surface area contributed by atoms with Crippen molar-refractivity contribution < 1.29 is 28.6 Å². The Morgan fingerprint density at radius 3 is 2.52 bits per heavy atom. The Morgan fingerprint density at radius 1 is 1.30 bits per heavy atom. The van der Waals surface area contributed by atoms with E-state index >= 15 is 0 Å². The van der Waals surface area contributed by atoms with Gasteiger partial charge < -0.3 is 24.6 Å². The van der Waals surface area contributed by atoms with Crippen LogP contribution in [0.25, 0.3) is 0 Å². The first-order valence-corrected chi connectivity index (χ1v) is 9.29. The molecule has 0 radical (unpaired) electrons. The summed E-state index contributed by atoms with van der Waals surface area (Å²) < 4.78 is 20.8. The van der Waals surface area contributed by atoms with Crippen molar-refractivity contribution in [2.75, 3.05) is 13.0 Å². The zero-order chi connectivity index (χ0) is 17.3. The van der Waals surface area contributed by atoms with E-state index in [-0.39, 0.29) is 6.04 Å². The standard InChI is InChI=1S/C15H24NO6P/c1-3-4-9-21-15(17)16-12(2)10-13-5-7-14(8-6-13)22-11-23(18,19)20/h5-8,12H,3-4,9-11H2,1-2H3,(H,16,17)(H2,18,19,20). The second kappa shape index (κ2) is 9.55. The third-order valence-corrected chi connectivity index (χ3v) is 3.43. The molecule has 0 saturated carbocycles. The third-order valence-electron chi connectivity index (χ3n) is 2.96. The Kier molecular flexibility index (Phi) is 8.09. The third kappa shape index (κ3) is 9.23. The molecular weight excluding hydrogens is 321 g/mol. The van der Waals surface area contributed by atoms with E-state index < -0.39 is 20.0 Å². The van der Waals surface area contributed by atoms with E-state index in [1.165, 1.54) is 0 Å². The van der Waals surface area contributed by atoms with Crippen LogP contribution in [0.5, 0.6) is 5.75 Å². The van der Waals surface area contributed by atoms with Crippen LogP contribution in [0.4, 0.5) is 4.79 Å². The first-order valence-electron chi connectivity index (χ1n) is 7.49. The number of benzene rings is 1. The van der Waals surface area contributed by atoms with Crippen molar-refractivity contribution >= 4 is 13.7 Å². The number of carbonyl (C=O) groups excluding carboxylic acids is 1. The average Bonchev–Trinajstić information content (AvgIpc) is 2.46. The quantitative estimate of drug-likeness (QED) is 0.469. The molecule has 1 unspecified atom stereocenters. The maximum atomic E-state index is 11.5. The summed E-state index contributed by atoms with van der Waals surface area (Å²) in [5.41, 5.74) is 0.967. The fourth-order valence-electron chi connectivity index (χ4n) is 1.84. The molecule has 1 atom stereocenters. The number of rotatable bonds is 9. The molecule has 1 rings (SSSR count). The van der Waals surface area contributed by atoms with E-state index in [2.05, 4.69) is 5.32 Å². The first kappa shape index (κ1) is 19.5. The van der Waals surface area contributed by atoms with Crippen molar-refractivity contribution in [3.8, 4) is 5.75 Å². The van der Waals surface area contributed by atoms with E-state index in [9.17, 15) is 9.36 Å². The molecular formula is C15H24NO6P. The predicted octanol–water partition coefficient (Wildman–Crippen LogP) is 2.66. The molecule has 1 aromatic carbocycles. The highest BCUT2D eigenvalue weighted by atomic mass is 31.2. The van der Waals surface area contributed by atoms with Gasteiger partial charge in [-0.15, -0.1) is 0 Å². The maximum absolute atomic E-state index is 11.5. The minimum Gasteiger partial charge on any atom is -0.481 e. The van der Waals surface area contributed by atoms with Gasteiger partial charge in [0.2, 0.25) is 0 Å². The van der Waals surface area contributed by atoms with Crippen molar-refractivity contribution in [1.29, 1.82) is 0 Å². The van der Waals surface area contributed by atoms with Crippen molar-refractivity contribution in [3.05, 3.63) is 29.8 Å². The number of amides is 1. The van der Waals surface area contributed by atoms with E-state index in [4.69, 9.17) is 19.3 Å². The van der Waals surface area contributed by atoms with E-state index in [1.54, 1.807) is 24.3 Å². The van der Waals surface area contributed by atoms with Crippen molar-refractivity contribution in [2.45, 2.75) is 39.2 Å². The molecule has 130 valence electrons. The summed E-state index contributed by atoms with van der Waals surface area (Å²) in [6.45, 7) is 4.32. The molecule has 0 aliphatic carbocycles. The number of unbranched alkanes of at least 4 members (excludes halogenated alkanes) is 1. The largest absolute Gasteiger partial charge is 0.481 e. The molecule has 1 aromatic rings. The summed E-state index contributed by atoms with van der Waals surface area (Å²) in [6.07, 6.45) is 1.36. The van der Waals surface area contributed by atoms with Gasteiger partial charge in [-0.1, -0.05) is 25.5 Å². The Hall–Kier alpha value is -1.56. The number of hydrogen-bond donors (Lipinski definition) is 3. The summed E-state index contributed by atoms with van der Waals surface area (Å²) in [5, 5.41) is 2.75. The van der Waals surface area contributed by atoms with Gasteiger partial charge in [0.05, 0.1) is 6.61 Å². The van der Waals surface area contributed by atoms with Crippen LogP contribution < -0.4 is 10.1 Å². The fourth-order valence-corrected chi connectivity index (χ4v) is 2.15. The number of carbonyl (C=O) groups is 1. The van der Waals surface area contributed by atoms with Gasteiger partial charge >= 0.3 is 13.7 Å². The van der Waals surface area contributed by atoms with E-state index in [0.717, 1.165) is 18.4 Å². The minimum atomic E-state index is -4.18. The Labute approximate surface area is 136 Å².